The number of carbonyl (C=O) groups is 2. The van der Waals surface area contributed by atoms with Crippen molar-refractivity contribution in [3.63, 3.8) is 0 Å². The van der Waals surface area contributed by atoms with Gasteiger partial charge < -0.3 is 10.2 Å². The number of benzene rings is 3. The fraction of sp³-hybridized carbons (Fsp3) is 0.355. The van der Waals surface area contributed by atoms with Gasteiger partial charge in [0.2, 0.25) is 21.8 Å². The van der Waals surface area contributed by atoms with Gasteiger partial charge in [-0.15, -0.1) is 0 Å². The lowest BCUT2D eigenvalue weighted by Crippen LogP contribution is -2.54. The van der Waals surface area contributed by atoms with E-state index in [4.69, 9.17) is 0 Å². The number of rotatable bonds is 11. The highest BCUT2D eigenvalue weighted by Gasteiger charge is 2.33. The van der Waals surface area contributed by atoms with E-state index in [1.165, 1.54) is 4.90 Å². The predicted octanol–water partition coefficient (Wildman–Crippen LogP) is 4.54. The van der Waals surface area contributed by atoms with Gasteiger partial charge in [-0.2, -0.15) is 0 Å². The Morgan fingerprint density at radius 2 is 1.44 bits per heavy atom. The van der Waals surface area contributed by atoms with Gasteiger partial charge in [0.1, 0.15) is 12.6 Å². The summed E-state index contributed by atoms with van der Waals surface area (Å²) in [5, 5.41) is 2.96. The van der Waals surface area contributed by atoms with E-state index in [1.54, 1.807) is 12.1 Å². The van der Waals surface area contributed by atoms with Gasteiger partial charge in [0.15, 0.2) is 0 Å². The van der Waals surface area contributed by atoms with Crippen molar-refractivity contribution >= 4 is 27.5 Å². The minimum absolute atomic E-state index is 0.130. The summed E-state index contributed by atoms with van der Waals surface area (Å²) < 4.78 is 27.0. The average molecular weight is 550 g/mol. The second kappa shape index (κ2) is 12.9. The van der Waals surface area contributed by atoms with Crippen molar-refractivity contribution in [2.45, 2.75) is 59.7 Å². The summed E-state index contributed by atoms with van der Waals surface area (Å²) in [4.78, 5) is 29.2. The summed E-state index contributed by atoms with van der Waals surface area (Å²) in [6, 6.07) is 21.8. The molecule has 208 valence electrons. The van der Waals surface area contributed by atoms with Crippen LogP contribution in [0.2, 0.25) is 0 Å². The monoisotopic (exact) mass is 549 g/mol. The molecule has 8 heteroatoms. The Morgan fingerprint density at radius 3 is 2.00 bits per heavy atom. The third kappa shape index (κ3) is 8.68. The Balaban J connectivity index is 2.07. The summed E-state index contributed by atoms with van der Waals surface area (Å²) in [6.45, 7) is 9.21. The van der Waals surface area contributed by atoms with E-state index in [9.17, 15) is 18.0 Å². The minimum Gasteiger partial charge on any atom is -0.352 e. The van der Waals surface area contributed by atoms with Crippen LogP contribution in [-0.2, 0) is 32.6 Å². The molecule has 0 unspecified atom stereocenters. The summed E-state index contributed by atoms with van der Waals surface area (Å²) in [6.07, 6.45) is 1.38. The highest BCUT2D eigenvalue weighted by atomic mass is 32.2. The van der Waals surface area contributed by atoms with Crippen molar-refractivity contribution in [1.29, 1.82) is 0 Å². The molecule has 3 rings (SSSR count). The maximum absolute atomic E-state index is 14.1. The third-order valence-electron chi connectivity index (χ3n) is 6.31. The van der Waals surface area contributed by atoms with Crippen LogP contribution in [0.15, 0.2) is 72.8 Å². The predicted molar refractivity (Wildman–Crippen MR) is 157 cm³/mol. The van der Waals surface area contributed by atoms with E-state index < -0.39 is 28.5 Å². The largest absolute Gasteiger partial charge is 0.352 e. The molecule has 0 heterocycles. The Bertz CT molecular complexity index is 1380. The number of hydrogen-bond acceptors (Lipinski definition) is 4. The molecule has 0 saturated carbocycles. The average Bonchev–Trinajstić information content (AvgIpc) is 2.83. The maximum atomic E-state index is 14.1. The quantitative estimate of drug-likeness (QED) is 0.380. The van der Waals surface area contributed by atoms with E-state index >= 15 is 0 Å². The zero-order valence-corrected chi connectivity index (χ0v) is 24.5. The van der Waals surface area contributed by atoms with Crippen molar-refractivity contribution in [3.05, 3.63) is 101 Å². The van der Waals surface area contributed by atoms with Gasteiger partial charge in [0, 0.05) is 19.0 Å². The zero-order chi connectivity index (χ0) is 28.7. The highest BCUT2D eigenvalue weighted by Crippen LogP contribution is 2.23. The molecule has 0 aliphatic heterocycles. The lowest BCUT2D eigenvalue weighted by Gasteiger charge is -2.34. The van der Waals surface area contributed by atoms with Crippen molar-refractivity contribution < 1.29 is 18.0 Å². The first-order valence-electron chi connectivity index (χ1n) is 13.1. The molecule has 0 aliphatic rings. The van der Waals surface area contributed by atoms with Crippen molar-refractivity contribution in [3.8, 4) is 0 Å². The second-order valence-corrected chi connectivity index (χ2v) is 12.4. The molecule has 2 amide bonds. The SMILES string of the molecule is Cc1cccc(CN(C(=O)CN(c2cc(C)cc(C)c2)S(C)(=O)=O)[C@H](Cc2ccccc2)C(=O)NC(C)C)c1. The molecule has 0 spiro atoms. The van der Waals surface area contributed by atoms with Crippen LogP contribution >= 0.6 is 0 Å². The fourth-order valence-electron chi connectivity index (χ4n) is 4.65. The van der Waals surface area contributed by atoms with Crippen LogP contribution in [-0.4, -0.2) is 50.0 Å². The van der Waals surface area contributed by atoms with Crippen LogP contribution in [0.4, 0.5) is 5.69 Å². The van der Waals surface area contributed by atoms with Crippen LogP contribution in [0, 0.1) is 20.8 Å². The molecule has 7 nitrogen and oxygen atoms in total. The first-order valence-corrected chi connectivity index (χ1v) is 14.9. The smallest absolute Gasteiger partial charge is 0.244 e. The van der Waals surface area contributed by atoms with Gasteiger partial charge in [0.25, 0.3) is 0 Å². The van der Waals surface area contributed by atoms with Gasteiger partial charge >= 0.3 is 0 Å². The standard InChI is InChI=1S/C31H39N3O4S/c1-22(2)32-31(36)29(19-26-12-8-7-9-13-26)33(20-27-14-10-11-23(3)16-27)30(35)21-34(39(6,37)38)28-17-24(4)15-25(5)18-28/h7-18,22,29H,19-21H2,1-6H3,(H,32,36)/t29-/m1/s1. The Kier molecular flexibility index (Phi) is 9.92. The molecule has 0 radical (unpaired) electrons. The fourth-order valence-corrected chi connectivity index (χ4v) is 5.48. The normalized spacial score (nSPS) is 12.2. The summed E-state index contributed by atoms with van der Waals surface area (Å²) in [5.74, 6) is -0.743. The molecular weight excluding hydrogens is 510 g/mol. The second-order valence-electron chi connectivity index (χ2n) is 10.5. The number of nitrogens with one attached hydrogen (secondary N) is 1. The first kappa shape index (κ1) is 29.9. The molecule has 39 heavy (non-hydrogen) atoms. The van der Waals surface area contributed by atoms with Crippen LogP contribution in [0.25, 0.3) is 0 Å². The molecule has 3 aromatic rings. The van der Waals surface area contributed by atoms with E-state index in [0.717, 1.165) is 38.4 Å². The molecule has 0 bridgehead atoms. The minimum atomic E-state index is -3.80. The number of aryl methyl sites for hydroxylation is 3. The molecule has 0 fully saturated rings. The van der Waals surface area contributed by atoms with Crippen LogP contribution in [0.5, 0.6) is 0 Å². The van der Waals surface area contributed by atoms with E-state index in [-0.39, 0.29) is 18.5 Å². The van der Waals surface area contributed by atoms with Gasteiger partial charge in [-0.1, -0.05) is 66.2 Å². The Hall–Kier alpha value is -3.65. The molecule has 1 atom stereocenters. The topological polar surface area (TPSA) is 86.8 Å². The first-order chi connectivity index (χ1) is 18.3. The zero-order valence-electron chi connectivity index (χ0n) is 23.6. The third-order valence-corrected chi connectivity index (χ3v) is 7.45. The number of amides is 2. The van der Waals surface area contributed by atoms with Gasteiger partial charge in [-0.25, -0.2) is 8.42 Å². The number of carbonyl (C=O) groups excluding carboxylic acids is 2. The van der Waals surface area contributed by atoms with E-state index in [0.29, 0.717) is 12.1 Å². The van der Waals surface area contributed by atoms with Crippen molar-refractivity contribution in [1.82, 2.24) is 10.2 Å². The highest BCUT2D eigenvalue weighted by molar-refractivity contribution is 7.92. The Morgan fingerprint density at radius 1 is 0.821 bits per heavy atom. The lowest BCUT2D eigenvalue weighted by molar-refractivity contribution is -0.140. The molecule has 0 aromatic heterocycles. The molecule has 1 N–H and O–H groups in total. The van der Waals surface area contributed by atoms with Crippen LogP contribution < -0.4 is 9.62 Å². The number of nitrogens with zero attached hydrogens (tertiary/aromatic N) is 2. The van der Waals surface area contributed by atoms with Gasteiger partial charge in [-0.3, -0.25) is 13.9 Å². The molecule has 0 saturated heterocycles. The van der Waals surface area contributed by atoms with Gasteiger partial charge in [-0.05, 0) is 69.0 Å². The van der Waals surface area contributed by atoms with E-state index in [2.05, 4.69) is 5.32 Å². The Labute approximate surface area is 232 Å². The van der Waals surface area contributed by atoms with E-state index in [1.807, 2.05) is 95.3 Å². The summed E-state index contributed by atoms with van der Waals surface area (Å²) in [5.41, 5.74) is 4.99. The molecule has 0 aliphatic carbocycles. The number of sulfonamides is 1. The van der Waals surface area contributed by atoms with Crippen molar-refractivity contribution in [2.24, 2.45) is 0 Å². The molecular formula is C31H39N3O4S. The summed E-state index contributed by atoms with van der Waals surface area (Å²) >= 11 is 0. The molecule has 3 aromatic carbocycles. The maximum Gasteiger partial charge on any atom is 0.244 e. The number of hydrogen-bond donors (Lipinski definition) is 1. The summed E-state index contributed by atoms with van der Waals surface area (Å²) in [7, 11) is -3.80. The van der Waals surface area contributed by atoms with Crippen molar-refractivity contribution in [2.75, 3.05) is 17.1 Å². The van der Waals surface area contributed by atoms with Crippen LogP contribution in [0.3, 0.4) is 0 Å². The van der Waals surface area contributed by atoms with Crippen LogP contribution in [0.1, 0.15) is 41.7 Å². The van der Waals surface area contributed by atoms with Gasteiger partial charge in [0.05, 0.1) is 11.9 Å². The number of anilines is 1. The lowest BCUT2D eigenvalue weighted by atomic mass is 10.0.